The highest BCUT2D eigenvalue weighted by Crippen LogP contribution is 2.02. The minimum atomic E-state index is -1.34. The molecule has 1 heterocycles. The van der Waals surface area contributed by atoms with Gasteiger partial charge in [0.15, 0.2) is 5.69 Å². The molecular weight excluding hydrogens is 154 g/mol. The molecule has 6 nitrogen and oxygen atoms in total. The van der Waals surface area contributed by atoms with E-state index in [-0.39, 0.29) is 0 Å². The number of rotatable bonds is 2. The second kappa shape index (κ2) is 2.41. The van der Waals surface area contributed by atoms with Gasteiger partial charge in [0.05, 0.1) is 0 Å². The lowest BCUT2D eigenvalue weighted by atomic mass is 10.4. The van der Waals surface area contributed by atoms with E-state index in [1.807, 2.05) is 0 Å². The smallest absolute Gasteiger partial charge is 0.374 e. The number of aromatic carboxylic acids is 2. The Kier molecular flexibility index (Phi) is 1.59. The molecule has 1 rings (SSSR count). The molecule has 0 aromatic carbocycles. The fraction of sp³-hybridized carbons (Fsp3) is 0. The van der Waals surface area contributed by atoms with Crippen molar-refractivity contribution in [1.29, 1.82) is 0 Å². The van der Waals surface area contributed by atoms with Gasteiger partial charge in [-0.25, -0.2) is 9.59 Å². The number of hydrogen-bond donors (Lipinski definition) is 2. The van der Waals surface area contributed by atoms with Crippen LogP contribution in [0.1, 0.15) is 21.0 Å². The average Bonchev–Trinajstić information content (AvgIpc) is 2.33. The Morgan fingerprint density at radius 2 is 2.00 bits per heavy atom. The summed E-state index contributed by atoms with van der Waals surface area (Å²) in [5.74, 6) is -3.14. The molecule has 0 saturated heterocycles. The third kappa shape index (κ3) is 1.34. The number of hydrogen-bond acceptors (Lipinski definition) is 4. The van der Waals surface area contributed by atoms with Crippen LogP contribution in [0.4, 0.5) is 0 Å². The van der Waals surface area contributed by atoms with Gasteiger partial charge < -0.3 is 14.7 Å². The summed E-state index contributed by atoms with van der Waals surface area (Å²) in [7, 11) is 0. The van der Waals surface area contributed by atoms with Crippen molar-refractivity contribution in [1.82, 2.24) is 5.16 Å². The van der Waals surface area contributed by atoms with E-state index in [0.717, 1.165) is 6.07 Å². The summed E-state index contributed by atoms with van der Waals surface area (Å²) in [5, 5.41) is 19.5. The first-order valence-electron chi connectivity index (χ1n) is 2.54. The van der Waals surface area contributed by atoms with Gasteiger partial charge in [-0.2, -0.15) is 0 Å². The standard InChI is InChI=1S/C5H3NO5/c7-4(8)2-1-3(5(9)10)11-6-2/h1H,(H,7,8)(H,9,10). The van der Waals surface area contributed by atoms with E-state index in [1.54, 1.807) is 0 Å². The normalized spacial score (nSPS) is 9.45. The molecule has 0 radical (unpaired) electrons. The molecule has 0 fully saturated rings. The second-order valence-corrected chi connectivity index (χ2v) is 1.69. The largest absolute Gasteiger partial charge is 0.476 e. The van der Waals surface area contributed by atoms with Crippen LogP contribution in [-0.2, 0) is 0 Å². The molecule has 0 aliphatic rings. The summed E-state index contributed by atoms with van der Waals surface area (Å²) in [6.45, 7) is 0. The SMILES string of the molecule is O=C(O)c1cc(C(=O)O)on1. The molecule has 6 heteroatoms. The molecular formula is C5H3NO5. The average molecular weight is 157 g/mol. The molecule has 1 aromatic rings. The Labute approximate surface area is 60.0 Å². The Hall–Kier alpha value is -1.85. The van der Waals surface area contributed by atoms with Gasteiger partial charge in [-0.15, -0.1) is 0 Å². The number of carboxylic acids is 2. The molecule has 0 atom stereocenters. The van der Waals surface area contributed by atoms with Crippen molar-refractivity contribution >= 4 is 11.9 Å². The highest BCUT2D eigenvalue weighted by Gasteiger charge is 2.14. The van der Waals surface area contributed by atoms with E-state index in [1.165, 1.54) is 0 Å². The summed E-state index contributed by atoms with van der Waals surface area (Å²) in [4.78, 5) is 20.2. The summed E-state index contributed by atoms with van der Waals surface area (Å²) in [6, 6.07) is 0.838. The zero-order valence-electron chi connectivity index (χ0n) is 5.14. The lowest BCUT2D eigenvalue weighted by molar-refractivity contribution is 0.0642. The summed E-state index contributed by atoms with van der Waals surface area (Å²) in [6.07, 6.45) is 0. The van der Waals surface area contributed by atoms with E-state index >= 15 is 0 Å². The van der Waals surface area contributed by atoms with Crippen LogP contribution in [0.3, 0.4) is 0 Å². The fourth-order valence-electron chi connectivity index (χ4n) is 0.477. The van der Waals surface area contributed by atoms with E-state index in [4.69, 9.17) is 10.2 Å². The molecule has 0 aliphatic heterocycles. The Morgan fingerprint density at radius 3 is 2.27 bits per heavy atom. The summed E-state index contributed by atoms with van der Waals surface area (Å²) < 4.78 is 4.16. The molecule has 0 unspecified atom stereocenters. The Bertz CT molecular complexity index is 273. The zero-order valence-corrected chi connectivity index (χ0v) is 5.14. The predicted molar refractivity (Wildman–Crippen MR) is 30.4 cm³/mol. The summed E-state index contributed by atoms with van der Waals surface area (Å²) in [5.41, 5.74) is -0.414. The highest BCUT2D eigenvalue weighted by molar-refractivity contribution is 5.90. The van der Waals surface area contributed by atoms with Gasteiger partial charge in [-0.05, 0) is 0 Å². The first-order chi connectivity index (χ1) is 5.11. The second-order valence-electron chi connectivity index (χ2n) is 1.69. The van der Waals surface area contributed by atoms with Crippen LogP contribution >= 0.6 is 0 Å². The topological polar surface area (TPSA) is 101 Å². The quantitative estimate of drug-likeness (QED) is 0.629. The van der Waals surface area contributed by atoms with Crippen molar-refractivity contribution in [3.8, 4) is 0 Å². The van der Waals surface area contributed by atoms with Gasteiger partial charge in [0.25, 0.3) is 0 Å². The lowest BCUT2D eigenvalue weighted by Crippen LogP contribution is -1.96. The van der Waals surface area contributed by atoms with Crippen LogP contribution in [-0.4, -0.2) is 27.3 Å². The van der Waals surface area contributed by atoms with Gasteiger partial charge in [-0.1, -0.05) is 5.16 Å². The third-order valence-electron chi connectivity index (χ3n) is 0.940. The molecule has 0 spiro atoms. The maximum Gasteiger partial charge on any atom is 0.374 e. The van der Waals surface area contributed by atoms with E-state index in [2.05, 4.69) is 9.68 Å². The van der Waals surface area contributed by atoms with Gasteiger partial charge in [0, 0.05) is 6.07 Å². The van der Waals surface area contributed by atoms with Crippen molar-refractivity contribution in [2.75, 3.05) is 0 Å². The van der Waals surface area contributed by atoms with Gasteiger partial charge in [-0.3, -0.25) is 0 Å². The van der Waals surface area contributed by atoms with Crippen LogP contribution in [0, 0.1) is 0 Å². The van der Waals surface area contributed by atoms with Crippen molar-refractivity contribution in [2.24, 2.45) is 0 Å². The fourth-order valence-corrected chi connectivity index (χ4v) is 0.477. The number of carbonyl (C=O) groups is 2. The highest BCUT2D eigenvalue weighted by atomic mass is 16.5. The van der Waals surface area contributed by atoms with Crippen molar-refractivity contribution in [3.63, 3.8) is 0 Å². The molecule has 58 valence electrons. The van der Waals surface area contributed by atoms with E-state index in [9.17, 15) is 9.59 Å². The Morgan fingerprint density at radius 1 is 1.36 bits per heavy atom. The first kappa shape index (κ1) is 7.26. The maximum absolute atomic E-state index is 10.1. The maximum atomic E-state index is 10.1. The summed E-state index contributed by atoms with van der Waals surface area (Å²) >= 11 is 0. The van der Waals surface area contributed by atoms with Crippen LogP contribution in [0.15, 0.2) is 10.6 Å². The molecule has 0 aliphatic carbocycles. The van der Waals surface area contributed by atoms with E-state index < -0.39 is 23.4 Å². The minimum Gasteiger partial charge on any atom is -0.476 e. The first-order valence-corrected chi connectivity index (χ1v) is 2.54. The van der Waals surface area contributed by atoms with Gasteiger partial charge >= 0.3 is 11.9 Å². The molecule has 11 heavy (non-hydrogen) atoms. The third-order valence-corrected chi connectivity index (χ3v) is 0.940. The van der Waals surface area contributed by atoms with Crippen LogP contribution in [0.25, 0.3) is 0 Å². The molecule has 0 amide bonds. The predicted octanol–water partition coefficient (Wildman–Crippen LogP) is 0.0710. The van der Waals surface area contributed by atoms with Gasteiger partial charge in [0.1, 0.15) is 0 Å². The molecule has 1 aromatic heterocycles. The van der Waals surface area contributed by atoms with E-state index in [0.29, 0.717) is 0 Å². The monoisotopic (exact) mass is 157 g/mol. The number of aromatic nitrogens is 1. The number of nitrogens with zero attached hydrogens (tertiary/aromatic N) is 1. The minimum absolute atomic E-state index is 0.414. The van der Waals surface area contributed by atoms with Crippen molar-refractivity contribution in [2.45, 2.75) is 0 Å². The zero-order chi connectivity index (χ0) is 8.43. The molecule has 0 bridgehead atoms. The van der Waals surface area contributed by atoms with Gasteiger partial charge in [0.2, 0.25) is 5.76 Å². The van der Waals surface area contributed by atoms with Crippen LogP contribution in [0.2, 0.25) is 0 Å². The molecule has 2 N–H and O–H groups in total. The Balaban J connectivity index is 2.99. The van der Waals surface area contributed by atoms with Crippen LogP contribution in [0.5, 0.6) is 0 Å². The molecule has 0 saturated carbocycles. The van der Waals surface area contributed by atoms with Crippen LogP contribution < -0.4 is 0 Å². The van der Waals surface area contributed by atoms with Crippen molar-refractivity contribution < 1.29 is 24.3 Å². The van der Waals surface area contributed by atoms with Crippen molar-refractivity contribution in [3.05, 3.63) is 17.5 Å². The lowest BCUT2D eigenvalue weighted by Gasteiger charge is -1.77. The number of carboxylic acid groups (broad SMARTS) is 2.